The third-order valence-electron chi connectivity index (χ3n) is 3.72. The molecule has 1 aliphatic rings. The van der Waals surface area contributed by atoms with Gasteiger partial charge >= 0.3 is 0 Å². The number of nitrogens with zero attached hydrogens (tertiary/aromatic N) is 1. The highest BCUT2D eigenvalue weighted by Gasteiger charge is 2.16. The molecular weight excluding hydrogens is 290 g/mol. The van der Waals surface area contributed by atoms with Crippen LogP contribution >= 0.6 is 0 Å². The van der Waals surface area contributed by atoms with Crippen molar-refractivity contribution in [3.05, 3.63) is 63.2 Å². The quantitative estimate of drug-likeness (QED) is 0.414. The zero-order valence-electron chi connectivity index (χ0n) is 14.2. The third-order valence-corrected chi connectivity index (χ3v) is 3.72. The average molecular weight is 315 g/mol. The standard InChI is InChI=1S/C10H11NO3.C9H14/c1-3-8-4-5-9(7(2)12)10(6-8)11(13)14;1-2-6-9-7-4-3-5-8-9/h4-6H,3H2,1-2H3;3-4,7H,2,5-6,8H2,1H3. The van der Waals surface area contributed by atoms with Crippen LogP contribution in [0.15, 0.2) is 42.0 Å². The van der Waals surface area contributed by atoms with Crippen molar-refractivity contribution >= 4 is 11.5 Å². The van der Waals surface area contributed by atoms with Gasteiger partial charge in [0.05, 0.1) is 10.5 Å². The lowest BCUT2D eigenvalue weighted by Gasteiger charge is -2.05. The Morgan fingerprint density at radius 3 is 2.52 bits per heavy atom. The Balaban J connectivity index is 0.000000253. The van der Waals surface area contributed by atoms with Crippen molar-refractivity contribution in [3.63, 3.8) is 0 Å². The lowest BCUT2D eigenvalue weighted by molar-refractivity contribution is -0.385. The van der Waals surface area contributed by atoms with Gasteiger partial charge in [-0.15, -0.1) is 0 Å². The van der Waals surface area contributed by atoms with Gasteiger partial charge in [-0.2, -0.15) is 0 Å². The largest absolute Gasteiger partial charge is 0.294 e. The first-order chi connectivity index (χ1) is 11.0. The molecule has 4 heteroatoms. The molecule has 1 aromatic carbocycles. The average Bonchev–Trinajstić information content (AvgIpc) is 2.56. The topological polar surface area (TPSA) is 60.2 Å². The van der Waals surface area contributed by atoms with Crippen LogP contribution in [-0.2, 0) is 6.42 Å². The van der Waals surface area contributed by atoms with Crippen LogP contribution in [0.1, 0.15) is 62.4 Å². The van der Waals surface area contributed by atoms with Crippen molar-refractivity contribution in [2.75, 3.05) is 0 Å². The van der Waals surface area contributed by atoms with Gasteiger partial charge in [-0.25, -0.2) is 0 Å². The number of rotatable bonds is 5. The van der Waals surface area contributed by atoms with Crippen LogP contribution in [0.25, 0.3) is 0 Å². The van der Waals surface area contributed by atoms with Crippen LogP contribution in [0.4, 0.5) is 5.69 Å². The van der Waals surface area contributed by atoms with Crippen molar-refractivity contribution in [2.45, 2.75) is 52.9 Å². The van der Waals surface area contributed by atoms with E-state index in [4.69, 9.17) is 0 Å². The molecule has 2 rings (SSSR count). The predicted octanol–water partition coefficient (Wildman–Crippen LogP) is 5.42. The first kappa shape index (κ1) is 18.8. The fourth-order valence-electron chi connectivity index (χ4n) is 2.43. The third kappa shape index (κ3) is 6.19. The maximum Gasteiger partial charge on any atom is 0.280 e. The van der Waals surface area contributed by atoms with E-state index in [1.807, 2.05) is 6.92 Å². The predicted molar refractivity (Wildman–Crippen MR) is 93.8 cm³/mol. The van der Waals surface area contributed by atoms with E-state index in [1.54, 1.807) is 11.6 Å². The number of Topliss-reactive ketones (excluding diaryl/α,β-unsaturated/α-hetero) is 1. The van der Waals surface area contributed by atoms with Gasteiger partial charge in [-0.3, -0.25) is 14.9 Å². The summed E-state index contributed by atoms with van der Waals surface area (Å²) >= 11 is 0. The summed E-state index contributed by atoms with van der Waals surface area (Å²) in [6, 6.07) is 4.71. The number of aryl methyl sites for hydroxylation is 1. The number of benzene rings is 1. The van der Waals surface area contributed by atoms with Crippen molar-refractivity contribution < 1.29 is 9.72 Å². The highest BCUT2D eigenvalue weighted by atomic mass is 16.6. The lowest BCUT2D eigenvalue weighted by atomic mass is 10.0. The molecule has 0 spiro atoms. The Hall–Kier alpha value is -2.23. The molecule has 124 valence electrons. The molecule has 0 amide bonds. The smallest absolute Gasteiger partial charge is 0.280 e. The van der Waals surface area contributed by atoms with Gasteiger partial charge in [0.25, 0.3) is 5.69 Å². The summed E-state index contributed by atoms with van der Waals surface area (Å²) < 4.78 is 0. The van der Waals surface area contributed by atoms with Crippen molar-refractivity contribution in [1.82, 2.24) is 0 Å². The Morgan fingerprint density at radius 1 is 1.30 bits per heavy atom. The number of hydrogen-bond acceptors (Lipinski definition) is 3. The number of nitro groups is 1. The maximum atomic E-state index is 11.1. The zero-order chi connectivity index (χ0) is 17.2. The number of carbonyl (C=O) groups is 1. The van der Waals surface area contributed by atoms with Gasteiger partial charge in [0.15, 0.2) is 5.78 Å². The minimum Gasteiger partial charge on any atom is -0.294 e. The van der Waals surface area contributed by atoms with Crippen LogP contribution in [0.3, 0.4) is 0 Å². The molecule has 4 nitrogen and oxygen atoms in total. The molecule has 0 N–H and O–H groups in total. The van der Waals surface area contributed by atoms with Crippen LogP contribution in [0, 0.1) is 10.1 Å². The molecule has 0 atom stereocenters. The van der Waals surface area contributed by atoms with Crippen LogP contribution in [-0.4, -0.2) is 10.7 Å². The normalized spacial score (nSPS) is 12.9. The van der Waals surface area contributed by atoms with E-state index in [2.05, 4.69) is 25.2 Å². The fourth-order valence-corrected chi connectivity index (χ4v) is 2.43. The molecule has 0 saturated heterocycles. The first-order valence-corrected chi connectivity index (χ1v) is 8.12. The van der Waals surface area contributed by atoms with Gasteiger partial charge in [0.2, 0.25) is 0 Å². The highest BCUT2D eigenvalue weighted by Crippen LogP contribution is 2.21. The van der Waals surface area contributed by atoms with Gasteiger partial charge in [-0.1, -0.05) is 50.1 Å². The van der Waals surface area contributed by atoms with E-state index in [1.165, 1.54) is 44.7 Å². The Kier molecular flexibility index (Phi) is 7.95. The number of ketones is 1. The molecule has 1 aliphatic carbocycles. The summed E-state index contributed by atoms with van der Waals surface area (Å²) in [5.74, 6) is -0.278. The number of carbonyl (C=O) groups excluding carboxylic acids is 1. The van der Waals surface area contributed by atoms with E-state index >= 15 is 0 Å². The lowest BCUT2D eigenvalue weighted by Crippen LogP contribution is -2.00. The highest BCUT2D eigenvalue weighted by molar-refractivity contribution is 5.98. The van der Waals surface area contributed by atoms with Crippen LogP contribution < -0.4 is 0 Å². The van der Waals surface area contributed by atoms with Crippen LogP contribution in [0.5, 0.6) is 0 Å². The SMILES string of the molecule is CCCC1=CC=CCC1.CCc1ccc(C(C)=O)c([N+](=O)[O-])c1. The second kappa shape index (κ2) is 9.72. The van der Waals surface area contributed by atoms with Crippen molar-refractivity contribution in [3.8, 4) is 0 Å². The summed E-state index contributed by atoms with van der Waals surface area (Å²) in [6.07, 6.45) is 12.5. The number of nitro benzene ring substituents is 1. The Bertz CT molecular complexity index is 615. The molecule has 0 saturated carbocycles. The number of hydrogen-bond donors (Lipinski definition) is 0. The van der Waals surface area contributed by atoms with E-state index in [-0.39, 0.29) is 17.0 Å². The second-order valence-electron chi connectivity index (χ2n) is 5.56. The molecule has 1 aromatic rings. The molecule has 0 radical (unpaired) electrons. The molecule has 0 fully saturated rings. The summed E-state index contributed by atoms with van der Waals surface area (Å²) in [7, 11) is 0. The van der Waals surface area contributed by atoms with Crippen LogP contribution in [0.2, 0.25) is 0 Å². The minimum absolute atomic E-state index is 0.100. The molecule has 0 bridgehead atoms. The molecule has 0 aliphatic heterocycles. The van der Waals surface area contributed by atoms with Crippen molar-refractivity contribution in [1.29, 1.82) is 0 Å². The van der Waals surface area contributed by atoms with E-state index < -0.39 is 4.92 Å². The van der Waals surface area contributed by atoms with Gasteiger partial charge in [0, 0.05) is 6.07 Å². The Morgan fingerprint density at radius 2 is 2.04 bits per heavy atom. The van der Waals surface area contributed by atoms with E-state index in [0.29, 0.717) is 0 Å². The maximum absolute atomic E-state index is 11.1. The molecular formula is C19H25NO3. The molecule has 0 heterocycles. The van der Waals surface area contributed by atoms with E-state index in [0.717, 1.165) is 12.0 Å². The molecule has 0 unspecified atom stereocenters. The summed E-state index contributed by atoms with van der Waals surface area (Å²) in [5.41, 5.74) is 2.56. The van der Waals surface area contributed by atoms with Gasteiger partial charge in [0.1, 0.15) is 0 Å². The molecule has 0 aromatic heterocycles. The Labute approximate surface area is 138 Å². The first-order valence-electron chi connectivity index (χ1n) is 8.12. The molecule has 23 heavy (non-hydrogen) atoms. The summed E-state index contributed by atoms with van der Waals surface area (Å²) in [5, 5.41) is 10.6. The fraction of sp³-hybridized carbons (Fsp3) is 0.421. The van der Waals surface area contributed by atoms with Gasteiger partial charge < -0.3 is 0 Å². The zero-order valence-corrected chi connectivity index (χ0v) is 14.2. The summed E-state index contributed by atoms with van der Waals surface area (Å²) in [6.45, 7) is 5.47. The number of allylic oxidation sites excluding steroid dienone is 4. The second-order valence-corrected chi connectivity index (χ2v) is 5.56. The van der Waals surface area contributed by atoms with Crippen molar-refractivity contribution in [2.24, 2.45) is 0 Å². The summed E-state index contributed by atoms with van der Waals surface area (Å²) in [4.78, 5) is 21.2. The minimum atomic E-state index is -0.518. The van der Waals surface area contributed by atoms with Gasteiger partial charge in [-0.05, 0) is 44.2 Å². The monoisotopic (exact) mass is 315 g/mol. The van der Waals surface area contributed by atoms with E-state index in [9.17, 15) is 14.9 Å².